The Labute approximate surface area is 71.9 Å². The average molecular weight is 219 g/mol. The normalized spacial score (nSPS) is 9.64. The van der Waals surface area contributed by atoms with E-state index in [9.17, 15) is 4.79 Å². The number of hydrogen-bond acceptors (Lipinski definition) is 3. The first-order valence-electron chi connectivity index (χ1n) is 2.87. The van der Waals surface area contributed by atoms with Gasteiger partial charge in [-0.1, -0.05) is 0 Å². The third kappa shape index (κ3) is 1.37. The molecular weight excluding hydrogens is 212 g/mol. The Morgan fingerprint density at radius 2 is 2.45 bits per heavy atom. The van der Waals surface area contributed by atoms with E-state index in [1.165, 1.54) is 7.11 Å². The SMILES string of the molecule is COC(=O)c1[nH]cc(Br)c1N. The molecule has 0 aliphatic carbocycles. The van der Waals surface area contributed by atoms with E-state index < -0.39 is 5.97 Å². The minimum absolute atomic E-state index is 0.277. The molecule has 0 saturated heterocycles. The monoisotopic (exact) mass is 218 g/mol. The van der Waals surface area contributed by atoms with E-state index in [0.29, 0.717) is 10.2 Å². The van der Waals surface area contributed by atoms with E-state index in [1.54, 1.807) is 6.20 Å². The Hall–Kier alpha value is -0.970. The molecule has 1 aromatic heterocycles. The minimum Gasteiger partial charge on any atom is -0.464 e. The molecular formula is C6H7BrN2O2. The number of ether oxygens (including phenoxy) is 1. The van der Waals surface area contributed by atoms with Gasteiger partial charge < -0.3 is 15.5 Å². The average Bonchev–Trinajstić information content (AvgIpc) is 2.32. The lowest BCUT2D eigenvalue weighted by Crippen LogP contribution is -2.04. The van der Waals surface area contributed by atoms with Crippen LogP contribution in [0.3, 0.4) is 0 Å². The van der Waals surface area contributed by atoms with Crippen LogP contribution < -0.4 is 5.73 Å². The summed E-state index contributed by atoms with van der Waals surface area (Å²) >= 11 is 3.15. The molecule has 5 heteroatoms. The highest BCUT2D eigenvalue weighted by molar-refractivity contribution is 9.10. The lowest BCUT2D eigenvalue weighted by atomic mass is 10.4. The number of rotatable bonds is 1. The molecule has 0 fully saturated rings. The quantitative estimate of drug-likeness (QED) is 0.696. The third-order valence-corrected chi connectivity index (χ3v) is 1.92. The molecule has 3 N–H and O–H groups in total. The number of nitrogens with one attached hydrogen (secondary N) is 1. The van der Waals surface area contributed by atoms with Crippen molar-refractivity contribution >= 4 is 27.6 Å². The minimum atomic E-state index is -0.465. The van der Waals surface area contributed by atoms with Crippen LogP contribution in [0.25, 0.3) is 0 Å². The number of nitrogen functional groups attached to an aromatic ring is 1. The summed E-state index contributed by atoms with van der Waals surface area (Å²) in [5, 5.41) is 0. The number of aromatic amines is 1. The zero-order valence-corrected chi connectivity index (χ0v) is 7.44. The smallest absolute Gasteiger partial charge is 0.356 e. The molecule has 11 heavy (non-hydrogen) atoms. The summed E-state index contributed by atoms with van der Waals surface area (Å²) < 4.78 is 5.12. The van der Waals surface area contributed by atoms with Crippen molar-refractivity contribution in [1.29, 1.82) is 0 Å². The van der Waals surface area contributed by atoms with Gasteiger partial charge in [0.1, 0.15) is 5.69 Å². The fourth-order valence-electron chi connectivity index (χ4n) is 0.681. The lowest BCUT2D eigenvalue weighted by Gasteiger charge is -1.95. The van der Waals surface area contributed by atoms with Gasteiger partial charge in [-0.3, -0.25) is 0 Å². The van der Waals surface area contributed by atoms with Crippen LogP contribution in [-0.4, -0.2) is 18.1 Å². The standard InChI is InChI=1S/C6H7BrN2O2/c1-11-6(10)5-4(8)3(7)2-9-5/h2,9H,8H2,1H3. The van der Waals surface area contributed by atoms with Gasteiger partial charge in [-0.05, 0) is 15.9 Å². The van der Waals surface area contributed by atoms with Gasteiger partial charge in [-0.25, -0.2) is 4.79 Å². The molecule has 0 aliphatic rings. The number of aromatic nitrogens is 1. The van der Waals surface area contributed by atoms with Crippen molar-refractivity contribution in [3.05, 3.63) is 16.4 Å². The van der Waals surface area contributed by atoms with Crippen molar-refractivity contribution in [3.63, 3.8) is 0 Å². The second-order valence-corrected chi connectivity index (χ2v) is 2.77. The molecule has 0 aliphatic heterocycles. The maximum Gasteiger partial charge on any atom is 0.356 e. The molecule has 1 aromatic rings. The van der Waals surface area contributed by atoms with E-state index in [0.717, 1.165) is 0 Å². The Balaban J connectivity index is 3.04. The van der Waals surface area contributed by atoms with Crippen LogP contribution in [0.1, 0.15) is 10.5 Å². The fourth-order valence-corrected chi connectivity index (χ4v) is 0.994. The van der Waals surface area contributed by atoms with Crippen molar-refractivity contribution in [2.45, 2.75) is 0 Å². The fraction of sp³-hybridized carbons (Fsp3) is 0.167. The molecule has 0 radical (unpaired) electrons. The Morgan fingerprint density at radius 3 is 2.82 bits per heavy atom. The van der Waals surface area contributed by atoms with E-state index in [2.05, 4.69) is 25.7 Å². The molecule has 1 rings (SSSR count). The van der Waals surface area contributed by atoms with Crippen LogP contribution in [0.15, 0.2) is 10.7 Å². The highest BCUT2D eigenvalue weighted by atomic mass is 79.9. The summed E-state index contributed by atoms with van der Waals surface area (Å²) in [5.74, 6) is -0.465. The number of anilines is 1. The van der Waals surface area contributed by atoms with Gasteiger partial charge in [-0.15, -0.1) is 0 Å². The van der Waals surface area contributed by atoms with Crippen molar-refractivity contribution in [2.24, 2.45) is 0 Å². The highest BCUT2D eigenvalue weighted by Crippen LogP contribution is 2.22. The van der Waals surface area contributed by atoms with Crippen LogP contribution in [-0.2, 0) is 4.74 Å². The molecule has 0 saturated carbocycles. The predicted octanol–water partition coefficient (Wildman–Crippen LogP) is 1.15. The number of carbonyl (C=O) groups is 1. The van der Waals surface area contributed by atoms with Crippen molar-refractivity contribution in [1.82, 2.24) is 4.98 Å². The van der Waals surface area contributed by atoms with E-state index >= 15 is 0 Å². The van der Waals surface area contributed by atoms with Crippen LogP contribution in [0.2, 0.25) is 0 Å². The summed E-state index contributed by atoms with van der Waals surface area (Å²) in [6.07, 6.45) is 1.58. The Morgan fingerprint density at radius 1 is 1.82 bits per heavy atom. The van der Waals surface area contributed by atoms with Crippen molar-refractivity contribution in [3.8, 4) is 0 Å². The summed E-state index contributed by atoms with van der Waals surface area (Å²) in [5.41, 5.74) is 6.15. The molecule has 60 valence electrons. The summed E-state index contributed by atoms with van der Waals surface area (Å²) in [6, 6.07) is 0. The topological polar surface area (TPSA) is 68.1 Å². The predicted molar refractivity (Wildman–Crippen MR) is 44.2 cm³/mol. The molecule has 0 unspecified atom stereocenters. The first-order chi connectivity index (χ1) is 5.16. The molecule has 0 aromatic carbocycles. The summed E-state index contributed by atoms with van der Waals surface area (Å²) in [7, 11) is 1.30. The molecule has 0 amide bonds. The lowest BCUT2D eigenvalue weighted by molar-refractivity contribution is 0.0596. The Bertz CT molecular complexity index is 282. The molecule has 1 heterocycles. The number of methoxy groups -OCH3 is 1. The largest absolute Gasteiger partial charge is 0.464 e. The maximum absolute atomic E-state index is 10.9. The number of H-pyrrole nitrogens is 1. The molecule has 0 atom stereocenters. The van der Waals surface area contributed by atoms with Gasteiger partial charge in [0.15, 0.2) is 0 Å². The highest BCUT2D eigenvalue weighted by Gasteiger charge is 2.13. The molecule has 0 spiro atoms. The van der Waals surface area contributed by atoms with Crippen LogP contribution in [0.4, 0.5) is 5.69 Å². The zero-order valence-electron chi connectivity index (χ0n) is 5.85. The number of esters is 1. The van der Waals surface area contributed by atoms with Crippen molar-refractivity contribution in [2.75, 3.05) is 12.8 Å². The maximum atomic E-state index is 10.9. The number of carbonyl (C=O) groups excluding carboxylic acids is 1. The molecule has 0 bridgehead atoms. The summed E-state index contributed by atoms with van der Waals surface area (Å²) in [4.78, 5) is 13.6. The Kier molecular flexibility index (Phi) is 2.19. The molecule has 4 nitrogen and oxygen atoms in total. The number of halogens is 1. The van der Waals surface area contributed by atoms with Gasteiger partial charge in [0, 0.05) is 6.20 Å². The third-order valence-electron chi connectivity index (χ3n) is 1.26. The van der Waals surface area contributed by atoms with Crippen molar-refractivity contribution < 1.29 is 9.53 Å². The van der Waals surface area contributed by atoms with Crippen LogP contribution in [0.5, 0.6) is 0 Å². The first-order valence-corrected chi connectivity index (χ1v) is 3.66. The zero-order chi connectivity index (χ0) is 8.43. The van der Waals surface area contributed by atoms with Crippen LogP contribution in [0, 0.1) is 0 Å². The van der Waals surface area contributed by atoms with E-state index in [4.69, 9.17) is 5.73 Å². The number of hydrogen-bond donors (Lipinski definition) is 2. The van der Waals surface area contributed by atoms with Crippen LogP contribution >= 0.6 is 15.9 Å². The van der Waals surface area contributed by atoms with Gasteiger partial charge in [0.05, 0.1) is 17.3 Å². The first kappa shape index (κ1) is 8.13. The van der Waals surface area contributed by atoms with E-state index in [1.807, 2.05) is 0 Å². The van der Waals surface area contributed by atoms with E-state index in [-0.39, 0.29) is 5.69 Å². The second kappa shape index (κ2) is 2.96. The summed E-state index contributed by atoms with van der Waals surface area (Å²) in [6.45, 7) is 0. The van der Waals surface area contributed by atoms with Gasteiger partial charge in [-0.2, -0.15) is 0 Å². The number of nitrogens with two attached hydrogens (primary N) is 1. The van der Waals surface area contributed by atoms with Gasteiger partial charge in [0.25, 0.3) is 0 Å². The second-order valence-electron chi connectivity index (χ2n) is 1.92. The van der Waals surface area contributed by atoms with Gasteiger partial charge >= 0.3 is 5.97 Å². The van der Waals surface area contributed by atoms with Gasteiger partial charge in [0.2, 0.25) is 0 Å².